The first kappa shape index (κ1) is 22.8. The topological polar surface area (TPSA) is 41.1 Å². The van der Waals surface area contributed by atoms with Gasteiger partial charge in [-0.05, 0) is 39.2 Å². The Hall–Kier alpha value is -2.83. The Balaban J connectivity index is 2.02. The van der Waals surface area contributed by atoms with Crippen LogP contribution in [-0.2, 0) is 6.54 Å². The number of benzene rings is 1. The first-order chi connectivity index (χ1) is 14.9. The summed E-state index contributed by atoms with van der Waals surface area (Å²) in [6.45, 7) is 7.87. The minimum absolute atomic E-state index is 0.0450. The van der Waals surface area contributed by atoms with Gasteiger partial charge >= 0.3 is 0 Å². The molecule has 0 amide bonds. The smallest absolute Gasteiger partial charge is 0.266 e. The van der Waals surface area contributed by atoms with Gasteiger partial charge in [0, 0.05) is 36.1 Å². The largest absolute Gasteiger partial charge is 0.372 e. The van der Waals surface area contributed by atoms with Crippen molar-refractivity contribution in [1.29, 1.82) is 0 Å². The molecule has 1 aromatic carbocycles. The SMILES string of the molecule is C/C=c1/nc(C)nc(NCc2cccc(C(F)F)c2F)/c1=C/C(=C/CC)N1CCCC1. The summed E-state index contributed by atoms with van der Waals surface area (Å²) < 4.78 is 40.6. The molecular weight excluding hydrogens is 401 g/mol. The quantitative estimate of drug-likeness (QED) is 0.705. The third-order valence-corrected chi connectivity index (χ3v) is 5.33. The zero-order valence-corrected chi connectivity index (χ0v) is 18.3. The van der Waals surface area contributed by atoms with Crippen LogP contribution in [0.25, 0.3) is 12.2 Å². The van der Waals surface area contributed by atoms with Crippen molar-refractivity contribution in [3.05, 3.63) is 63.3 Å². The summed E-state index contributed by atoms with van der Waals surface area (Å²) >= 11 is 0. The molecule has 1 aliphatic heterocycles. The van der Waals surface area contributed by atoms with Crippen molar-refractivity contribution in [2.45, 2.75) is 53.0 Å². The predicted molar refractivity (Wildman–Crippen MR) is 118 cm³/mol. The number of nitrogens with one attached hydrogen (secondary N) is 1. The van der Waals surface area contributed by atoms with Crippen molar-refractivity contribution < 1.29 is 13.2 Å². The van der Waals surface area contributed by atoms with Crippen molar-refractivity contribution in [2.75, 3.05) is 18.4 Å². The zero-order chi connectivity index (χ0) is 22.4. The molecule has 1 saturated heterocycles. The molecule has 1 aliphatic rings. The third-order valence-electron chi connectivity index (χ3n) is 5.33. The molecule has 1 fully saturated rings. The molecule has 1 aromatic heterocycles. The fraction of sp³-hybridized carbons (Fsp3) is 0.417. The number of nitrogens with zero attached hydrogens (tertiary/aromatic N) is 3. The second-order valence-electron chi connectivity index (χ2n) is 7.56. The van der Waals surface area contributed by atoms with E-state index in [0.717, 1.165) is 54.7 Å². The van der Waals surface area contributed by atoms with E-state index in [-0.39, 0.29) is 12.1 Å². The average molecular weight is 431 g/mol. The van der Waals surface area contributed by atoms with Gasteiger partial charge in [-0.1, -0.05) is 37.3 Å². The normalized spacial score (nSPS) is 16.0. The van der Waals surface area contributed by atoms with E-state index < -0.39 is 17.8 Å². The van der Waals surface area contributed by atoms with Crippen molar-refractivity contribution in [2.24, 2.45) is 0 Å². The van der Waals surface area contributed by atoms with Gasteiger partial charge in [-0.2, -0.15) is 0 Å². The van der Waals surface area contributed by atoms with Crippen LogP contribution in [0, 0.1) is 12.7 Å². The molecule has 4 nitrogen and oxygen atoms in total. The lowest BCUT2D eigenvalue weighted by Gasteiger charge is -2.19. The Kier molecular flexibility index (Phi) is 7.71. The molecule has 0 bridgehead atoms. The maximum Gasteiger partial charge on any atom is 0.266 e. The van der Waals surface area contributed by atoms with E-state index in [1.54, 1.807) is 6.92 Å². The highest BCUT2D eigenvalue weighted by atomic mass is 19.3. The molecule has 0 saturated carbocycles. The predicted octanol–water partition coefficient (Wildman–Crippen LogP) is 4.44. The summed E-state index contributed by atoms with van der Waals surface area (Å²) in [5.41, 5.74) is 0.699. The number of aromatic nitrogens is 2. The third kappa shape index (κ3) is 5.46. The van der Waals surface area contributed by atoms with Crippen LogP contribution in [0.5, 0.6) is 0 Å². The highest BCUT2D eigenvalue weighted by Gasteiger charge is 2.17. The highest BCUT2D eigenvalue weighted by Crippen LogP contribution is 2.24. The van der Waals surface area contributed by atoms with E-state index >= 15 is 0 Å². The van der Waals surface area contributed by atoms with Crippen LogP contribution < -0.4 is 15.9 Å². The number of likely N-dealkylation sites (tertiary alicyclic amines) is 1. The fourth-order valence-electron chi connectivity index (χ4n) is 3.80. The first-order valence-electron chi connectivity index (χ1n) is 10.7. The summed E-state index contributed by atoms with van der Waals surface area (Å²) in [5, 5.41) is 4.74. The van der Waals surface area contributed by atoms with E-state index in [4.69, 9.17) is 0 Å². The van der Waals surface area contributed by atoms with Crippen LogP contribution in [0.2, 0.25) is 0 Å². The van der Waals surface area contributed by atoms with Gasteiger partial charge in [0.1, 0.15) is 17.5 Å². The number of alkyl halides is 2. The lowest BCUT2D eigenvalue weighted by atomic mass is 10.1. The Morgan fingerprint density at radius 2 is 1.97 bits per heavy atom. The van der Waals surface area contributed by atoms with E-state index in [0.29, 0.717) is 11.6 Å². The van der Waals surface area contributed by atoms with Crippen LogP contribution in [0.3, 0.4) is 0 Å². The molecule has 3 rings (SSSR count). The first-order valence-corrected chi connectivity index (χ1v) is 10.7. The lowest BCUT2D eigenvalue weighted by Crippen LogP contribution is -2.34. The van der Waals surface area contributed by atoms with Crippen molar-refractivity contribution >= 4 is 18.0 Å². The summed E-state index contributed by atoms with van der Waals surface area (Å²) in [6, 6.07) is 4.06. The summed E-state index contributed by atoms with van der Waals surface area (Å²) in [4.78, 5) is 11.4. The van der Waals surface area contributed by atoms with Gasteiger partial charge in [0.05, 0.1) is 10.9 Å². The number of allylic oxidation sites excluding steroid dienone is 2. The van der Waals surface area contributed by atoms with Gasteiger partial charge in [-0.3, -0.25) is 0 Å². The summed E-state index contributed by atoms with van der Waals surface area (Å²) in [5.74, 6) is 0.257. The molecule has 1 N–H and O–H groups in total. The second kappa shape index (κ2) is 10.5. The van der Waals surface area contributed by atoms with Gasteiger partial charge in [0.25, 0.3) is 6.43 Å². The number of halogens is 3. The van der Waals surface area contributed by atoms with Crippen LogP contribution in [0.4, 0.5) is 19.0 Å². The monoisotopic (exact) mass is 430 g/mol. The van der Waals surface area contributed by atoms with E-state index in [2.05, 4.69) is 39.3 Å². The minimum atomic E-state index is -2.85. The van der Waals surface area contributed by atoms with E-state index in [9.17, 15) is 13.2 Å². The molecule has 0 aliphatic carbocycles. The molecule has 31 heavy (non-hydrogen) atoms. The standard InChI is InChI=1S/C24H29F3N4/c1-4-9-18(31-12-6-7-13-31)14-20-21(5-2)29-16(3)30-24(20)28-15-17-10-8-11-19(22(17)25)23(26)27/h5,8-11,14,23H,4,6-7,12-13,15H2,1-3H3,(H,28,29,30)/b18-9-,20-14+,21-5+. The number of rotatable bonds is 7. The molecule has 2 heterocycles. The molecule has 0 atom stereocenters. The van der Waals surface area contributed by atoms with Crippen LogP contribution >= 0.6 is 0 Å². The van der Waals surface area contributed by atoms with Crippen LogP contribution in [0.1, 0.15) is 56.5 Å². The Morgan fingerprint density at radius 3 is 2.61 bits per heavy atom. The highest BCUT2D eigenvalue weighted by molar-refractivity contribution is 5.54. The van der Waals surface area contributed by atoms with Gasteiger partial charge in [0.2, 0.25) is 0 Å². The lowest BCUT2D eigenvalue weighted by molar-refractivity contribution is 0.146. The average Bonchev–Trinajstić information content (AvgIpc) is 3.28. The Morgan fingerprint density at radius 1 is 1.23 bits per heavy atom. The fourth-order valence-corrected chi connectivity index (χ4v) is 3.80. The molecule has 0 spiro atoms. The molecule has 7 heteroatoms. The second-order valence-corrected chi connectivity index (χ2v) is 7.56. The van der Waals surface area contributed by atoms with Crippen molar-refractivity contribution in [1.82, 2.24) is 14.9 Å². The summed E-state index contributed by atoms with van der Waals surface area (Å²) in [6.07, 6.45) is 6.53. The van der Waals surface area contributed by atoms with E-state index in [1.165, 1.54) is 12.1 Å². The van der Waals surface area contributed by atoms with Gasteiger partial charge < -0.3 is 10.2 Å². The van der Waals surface area contributed by atoms with Crippen LogP contribution in [0.15, 0.2) is 30.0 Å². The molecule has 166 valence electrons. The maximum absolute atomic E-state index is 14.5. The molecule has 0 unspecified atom stereocenters. The Bertz CT molecular complexity index is 1060. The number of anilines is 1. The number of aryl methyl sites for hydroxylation is 1. The van der Waals surface area contributed by atoms with Crippen molar-refractivity contribution in [3.8, 4) is 0 Å². The van der Waals surface area contributed by atoms with E-state index in [1.807, 2.05) is 13.0 Å². The molecule has 0 radical (unpaired) electrons. The van der Waals surface area contributed by atoms with Crippen LogP contribution in [-0.4, -0.2) is 28.0 Å². The minimum Gasteiger partial charge on any atom is -0.372 e. The molecular formula is C24H29F3N4. The number of hydrogen-bond acceptors (Lipinski definition) is 4. The van der Waals surface area contributed by atoms with Gasteiger partial charge in [-0.25, -0.2) is 23.1 Å². The van der Waals surface area contributed by atoms with Gasteiger partial charge in [-0.15, -0.1) is 0 Å². The Labute approximate surface area is 181 Å². The zero-order valence-electron chi connectivity index (χ0n) is 18.3. The summed E-state index contributed by atoms with van der Waals surface area (Å²) in [7, 11) is 0. The molecule has 2 aromatic rings. The number of hydrogen-bond donors (Lipinski definition) is 1. The maximum atomic E-state index is 14.5. The van der Waals surface area contributed by atoms with Crippen molar-refractivity contribution in [3.63, 3.8) is 0 Å². The van der Waals surface area contributed by atoms with Gasteiger partial charge in [0.15, 0.2) is 0 Å².